The van der Waals surface area contributed by atoms with Gasteiger partial charge in [0.05, 0.1) is 13.2 Å². The van der Waals surface area contributed by atoms with Crippen molar-refractivity contribution in [3.63, 3.8) is 0 Å². The van der Waals surface area contributed by atoms with Crippen LogP contribution in [-0.2, 0) is 9.47 Å². The standard InChI is InChI=1S/C22H38N4O3.C19H33N3O2.ClH/c1-3-23-20(27)26-10-5-6-19(26)17-7-11-24(12-8-17)18-14-22(15-18)9-13-25(16-22)21(28)29-4-2;1-2-24-18(23)22-11-7-19(14-22)12-16(13-19)21-9-5-15(6-10-21)17-4-3-8-20-17;/h17-19H,3-16H2,1-2H3,(H,23,27);15-17,20H,2-14H2,1H3;1H. The molecule has 0 aromatic heterocycles. The highest BCUT2D eigenvalue weighted by Gasteiger charge is 2.53. The van der Waals surface area contributed by atoms with E-state index in [1.807, 2.05) is 30.6 Å². The smallest absolute Gasteiger partial charge is 0.409 e. The molecule has 2 unspecified atom stereocenters. The molecule has 12 nitrogen and oxygen atoms in total. The molecule has 6 saturated heterocycles. The molecule has 8 fully saturated rings. The minimum Gasteiger partial charge on any atom is -0.450 e. The molecule has 0 bridgehead atoms. The van der Waals surface area contributed by atoms with Crippen molar-refractivity contribution in [3.8, 4) is 0 Å². The van der Waals surface area contributed by atoms with Gasteiger partial charge >= 0.3 is 18.2 Å². The highest BCUT2D eigenvalue weighted by molar-refractivity contribution is 5.85. The molecular formula is C41H72ClN7O5. The number of ether oxygens (including phenoxy) is 2. The number of hydrogen-bond acceptors (Lipinski definition) is 8. The Labute approximate surface area is 331 Å². The fraction of sp³-hybridized carbons (Fsp3) is 0.927. The van der Waals surface area contributed by atoms with Crippen LogP contribution >= 0.6 is 12.4 Å². The number of urea groups is 1. The number of nitrogens with one attached hydrogen (secondary N) is 2. The number of piperidine rings is 2. The molecule has 0 aromatic rings. The quantitative estimate of drug-likeness (QED) is 0.335. The van der Waals surface area contributed by atoms with E-state index in [0.717, 1.165) is 83.1 Å². The third kappa shape index (κ3) is 9.23. The second-order valence-electron chi connectivity index (χ2n) is 18.1. The Kier molecular flexibility index (Phi) is 14.3. The molecule has 4 amide bonds. The van der Waals surface area contributed by atoms with Gasteiger partial charge in [0.2, 0.25) is 0 Å². The van der Waals surface area contributed by atoms with Gasteiger partial charge in [-0.05, 0) is 166 Å². The SMILES string of the molecule is CCNC(=O)N1CCCC1C1CCN(C2CC3(CCN(C(=O)OCC)C3)C2)CC1.CCOC(=O)N1CCC2(CC(N3CCC(C4CCCN4)CC3)C2)C1.Cl. The van der Waals surface area contributed by atoms with Crippen LogP contribution in [0.3, 0.4) is 0 Å². The van der Waals surface area contributed by atoms with Crippen molar-refractivity contribution in [3.05, 3.63) is 0 Å². The summed E-state index contributed by atoms with van der Waals surface area (Å²) in [5.74, 6) is 1.56. The molecule has 2 aliphatic carbocycles. The van der Waals surface area contributed by atoms with E-state index in [-0.39, 0.29) is 30.6 Å². The molecule has 0 aromatic carbocycles. The van der Waals surface area contributed by atoms with E-state index in [1.54, 1.807) is 0 Å². The van der Waals surface area contributed by atoms with Crippen LogP contribution in [0.4, 0.5) is 14.4 Å². The average Bonchev–Trinajstić information content (AvgIpc) is 3.98. The zero-order valence-electron chi connectivity index (χ0n) is 33.7. The highest BCUT2D eigenvalue weighted by Crippen LogP contribution is 2.52. The Morgan fingerprint density at radius 2 is 1.19 bits per heavy atom. The maximum Gasteiger partial charge on any atom is 0.409 e. The molecule has 2 N–H and O–H groups in total. The normalized spacial score (nSPS) is 34.6. The van der Waals surface area contributed by atoms with Crippen LogP contribution in [0.5, 0.6) is 0 Å². The predicted octanol–water partition coefficient (Wildman–Crippen LogP) is 5.79. The Hall–Kier alpha value is -2.02. The number of carbonyl (C=O) groups excluding carboxylic acids is 3. The third-order valence-corrected chi connectivity index (χ3v) is 14.9. The van der Waals surface area contributed by atoms with Crippen LogP contribution < -0.4 is 10.6 Å². The molecule has 308 valence electrons. The van der Waals surface area contributed by atoms with E-state index in [2.05, 4.69) is 25.3 Å². The van der Waals surface area contributed by atoms with Crippen LogP contribution in [0.1, 0.15) is 111 Å². The zero-order valence-corrected chi connectivity index (χ0v) is 34.6. The van der Waals surface area contributed by atoms with E-state index in [9.17, 15) is 14.4 Å². The fourth-order valence-corrected chi connectivity index (χ4v) is 11.9. The van der Waals surface area contributed by atoms with Crippen molar-refractivity contribution in [1.82, 2.24) is 35.1 Å². The monoisotopic (exact) mass is 778 g/mol. The fourth-order valence-electron chi connectivity index (χ4n) is 11.9. The number of halogens is 1. The van der Waals surface area contributed by atoms with Crippen molar-refractivity contribution in [2.75, 3.05) is 85.2 Å². The molecule has 2 atom stereocenters. The molecule has 6 aliphatic heterocycles. The van der Waals surface area contributed by atoms with Crippen LogP contribution in [0.2, 0.25) is 0 Å². The molecule has 8 rings (SSSR count). The Morgan fingerprint density at radius 3 is 1.65 bits per heavy atom. The van der Waals surface area contributed by atoms with Gasteiger partial charge in [-0.1, -0.05) is 0 Å². The molecule has 2 saturated carbocycles. The summed E-state index contributed by atoms with van der Waals surface area (Å²) in [6, 6.07) is 2.81. The lowest BCUT2D eigenvalue weighted by molar-refractivity contribution is -0.0144. The lowest BCUT2D eigenvalue weighted by atomic mass is 9.64. The van der Waals surface area contributed by atoms with Gasteiger partial charge in [-0.3, -0.25) is 0 Å². The van der Waals surface area contributed by atoms with Crippen molar-refractivity contribution in [2.45, 2.75) is 135 Å². The maximum absolute atomic E-state index is 12.4. The molecule has 2 spiro atoms. The minimum atomic E-state index is -0.137. The van der Waals surface area contributed by atoms with Gasteiger partial charge in [-0.2, -0.15) is 0 Å². The summed E-state index contributed by atoms with van der Waals surface area (Å²) in [5.41, 5.74) is 0.746. The van der Waals surface area contributed by atoms with E-state index in [1.165, 1.54) is 90.3 Å². The second kappa shape index (κ2) is 18.5. The molecular weight excluding hydrogens is 706 g/mol. The Balaban J connectivity index is 0.000000184. The van der Waals surface area contributed by atoms with Crippen LogP contribution in [0, 0.1) is 22.7 Å². The van der Waals surface area contributed by atoms with Crippen molar-refractivity contribution in [1.29, 1.82) is 0 Å². The van der Waals surface area contributed by atoms with Crippen molar-refractivity contribution in [2.24, 2.45) is 22.7 Å². The van der Waals surface area contributed by atoms with E-state index < -0.39 is 0 Å². The van der Waals surface area contributed by atoms with Crippen LogP contribution in [0.25, 0.3) is 0 Å². The zero-order chi connectivity index (χ0) is 37.0. The topological polar surface area (TPSA) is 110 Å². The van der Waals surface area contributed by atoms with E-state index in [0.29, 0.717) is 48.6 Å². The third-order valence-electron chi connectivity index (χ3n) is 14.9. The predicted molar refractivity (Wildman–Crippen MR) is 213 cm³/mol. The molecule has 8 aliphatic rings. The minimum absolute atomic E-state index is 0. The number of nitrogens with zero attached hydrogens (tertiary/aromatic N) is 5. The summed E-state index contributed by atoms with van der Waals surface area (Å²) in [6.45, 7) is 18.0. The van der Waals surface area contributed by atoms with Crippen LogP contribution in [0.15, 0.2) is 0 Å². The second-order valence-corrected chi connectivity index (χ2v) is 18.1. The first-order valence-corrected chi connectivity index (χ1v) is 21.8. The van der Waals surface area contributed by atoms with Gasteiger partial charge in [0.1, 0.15) is 0 Å². The Morgan fingerprint density at radius 1 is 0.667 bits per heavy atom. The van der Waals surface area contributed by atoms with Crippen molar-refractivity contribution >= 4 is 30.6 Å². The molecule has 13 heteroatoms. The number of rotatable bonds is 7. The lowest BCUT2D eigenvalue weighted by Crippen LogP contribution is -2.55. The summed E-state index contributed by atoms with van der Waals surface area (Å²) in [4.78, 5) is 47.6. The number of hydrogen-bond donors (Lipinski definition) is 2. The Bertz CT molecular complexity index is 1240. The number of amides is 4. The molecule has 6 heterocycles. The summed E-state index contributed by atoms with van der Waals surface area (Å²) in [7, 11) is 0. The average molecular weight is 779 g/mol. The van der Waals surface area contributed by atoms with Gasteiger partial charge in [-0.25, -0.2) is 14.4 Å². The molecule has 54 heavy (non-hydrogen) atoms. The molecule has 0 radical (unpaired) electrons. The summed E-state index contributed by atoms with van der Waals surface area (Å²) < 4.78 is 10.3. The van der Waals surface area contributed by atoms with Crippen LogP contribution in [-0.4, -0.2) is 152 Å². The lowest BCUT2D eigenvalue weighted by Gasteiger charge is -2.52. The summed E-state index contributed by atoms with van der Waals surface area (Å²) in [5, 5.41) is 6.68. The number of carbonyl (C=O) groups is 3. The summed E-state index contributed by atoms with van der Waals surface area (Å²) in [6.07, 6.45) is 17.3. The maximum atomic E-state index is 12.4. The van der Waals surface area contributed by atoms with Gasteiger partial charge in [-0.15, -0.1) is 12.4 Å². The van der Waals surface area contributed by atoms with Gasteiger partial charge in [0.15, 0.2) is 0 Å². The van der Waals surface area contributed by atoms with Gasteiger partial charge in [0, 0.05) is 63.4 Å². The largest absolute Gasteiger partial charge is 0.450 e. The van der Waals surface area contributed by atoms with Gasteiger partial charge < -0.3 is 44.6 Å². The summed E-state index contributed by atoms with van der Waals surface area (Å²) >= 11 is 0. The van der Waals surface area contributed by atoms with E-state index in [4.69, 9.17) is 9.47 Å². The first-order valence-electron chi connectivity index (χ1n) is 21.8. The van der Waals surface area contributed by atoms with E-state index >= 15 is 0 Å². The van der Waals surface area contributed by atoms with Gasteiger partial charge in [0.25, 0.3) is 0 Å². The first kappa shape index (κ1) is 41.6. The highest BCUT2D eigenvalue weighted by atomic mass is 35.5. The van der Waals surface area contributed by atoms with Crippen molar-refractivity contribution < 1.29 is 23.9 Å². The first-order chi connectivity index (χ1) is 25.7. The number of likely N-dealkylation sites (tertiary alicyclic amines) is 5.